The number of nitrogens with zero attached hydrogens (tertiary/aromatic N) is 5. The molecule has 3 aromatic heterocycles. The molecule has 0 saturated carbocycles. The second kappa shape index (κ2) is 12.9. The van der Waals surface area contributed by atoms with Crippen LogP contribution in [0.2, 0.25) is 0 Å². The molecule has 10 nitrogen and oxygen atoms in total. The Labute approximate surface area is 226 Å². The highest BCUT2D eigenvalue weighted by Crippen LogP contribution is 2.32. The van der Waals surface area contributed by atoms with Gasteiger partial charge in [-0.2, -0.15) is 10.4 Å². The first-order chi connectivity index (χ1) is 19.0. The van der Waals surface area contributed by atoms with E-state index in [4.69, 9.17) is 4.74 Å². The van der Waals surface area contributed by atoms with Crippen molar-refractivity contribution in [1.29, 1.82) is 5.26 Å². The maximum Gasteiger partial charge on any atom is 0.211 e. The molecule has 1 amide bonds. The Morgan fingerprint density at radius 3 is 2.46 bits per heavy atom. The van der Waals surface area contributed by atoms with Crippen molar-refractivity contribution in [2.45, 2.75) is 13.3 Å². The summed E-state index contributed by atoms with van der Waals surface area (Å²) in [6, 6.07) is 19.2. The molecule has 3 N–H and O–H groups in total. The van der Waals surface area contributed by atoms with E-state index in [-0.39, 0.29) is 0 Å². The number of benzene rings is 2. The van der Waals surface area contributed by atoms with E-state index in [0.29, 0.717) is 29.1 Å². The van der Waals surface area contributed by atoms with Crippen LogP contribution in [-0.4, -0.2) is 39.2 Å². The van der Waals surface area contributed by atoms with Crippen LogP contribution in [-0.2, 0) is 18.3 Å². The third-order valence-electron chi connectivity index (χ3n) is 5.88. The summed E-state index contributed by atoms with van der Waals surface area (Å²) in [5, 5.41) is 22.8. The molecule has 0 fully saturated rings. The molecule has 0 spiro atoms. The molecule has 0 aliphatic heterocycles. The van der Waals surface area contributed by atoms with Crippen molar-refractivity contribution in [2.75, 3.05) is 24.2 Å². The van der Waals surface area contributed by atoms with Gasteiger partial charge in [0, 0.05) is 37.5 Å². The van der Waals surface area contributed by atoms with Gasteiger partial charge >= 0.3 is 0 Å². The number of carbonyl (C=O) groups excluding carboxylic acids is 1. The van der Waals surface area contributed by atoms with Gasteiger partial charge in [-0.15, -0.1) is 0 Å². The van der Waals surface area contributed by atoms with Crippen LogP contribution in [0, 0.1) is 18.3 Å². The lowest BCUT2D eigenvalue weighted by atomic mass is 10.1. The number of aryl methyl sites for hydroxylation is 2. The molecule has 0 bridgehead atoms. The number of rotatable bonds is 9. The largest absolute Gasteiger partial charge is 0.457 e. The Hall–Kier alpha value is -5.14. The van der Waals surface area contributed by atoms with Crippen LogP contribution in [0.3, 0.4) is 0 Å². The number of fused-ring (bicyclic) bond motifs is 1. The first kappa shape index (κ1) is 26.9. The van der Waals surface area contributed by atoms with E-state index in [9.17, 15) is 10.1 Å². The number of nitriles is 1. The second-order valence-corrected chi connectivity index (χ2v) is 8.72. The fourth-order valence-electron chi connectivity index (χ4n) is 3.93. The Kier molecular flexibility index (Phi) is 8.90. The van der Waals surface area contributed by atoms with Gasteiger partial charge in [0.1, 0.15) is 17.6 Å². The number of hydrogen-bond acceptors (Lipinski definition) is 7. The SMILES string of the molecule is CNCCc1cn(C)cn1.Cc1c(NC=O)cn2ncc(C#N)c(Nc3ccc(Oc4ccccc4)cc3)c12. The summed E-state index contributed by atoms with van der Waals surface area (Å²) in [6.45, 7) is 2.86. The van der Waals surface area contributed by atoms with E-state index in [2.05, 4.69) is 32.1 Å². The van der Waals surface area contributed by atoms with Crippen molar-refractivity contribution in [3.63, 3.8) is 0 Å². The lowest BCUT2D eigenvalue weighted by molar-refractivity contribution is -0.105. The van der Waals surface area contributed by atoms with Gasteiger partial charge < -0.3 is 25.3 Å². The Morgan fingerprint density at radius 2 is 1.82 bits per heavy atom. The number of nitrogens with one attached hydrogen (secondary N) is 3. The standard InChI is InChI=1S/C22H17N5O2.C7H13N3/c1-15-20(24-14-28)13-27-22(15)21(16(11-23)12-25-27)26-17-7-9-19(10-8-17)29-18-5-3-2-4-6-18;1-8-4-3-7-5-10(2)6-9-7/h2-10,12-14,26H,1H3,(H,24,28);5-6,8H,3-4H2,1-2H3. The molecular weight excluding hydrogens is 492 g/mol. The Morgan fingerprint density at radius 1 is 1.08 bits per heavy atom. The number of aromatic nitrogens is 4. The zero-order chi connectivity index (χ0) is 27.6. The molecule has 198 valence electrons. The van der Waals surface area contributed by atoms with Crippen LogP contribution < -0.4 is 20.7 Å². The number of ether oxygens (including phenoxy) is 1. The summed E-state index contributed by atoms with van der Waals surface area (Å²) in [5.41, 5.74) is 5.14. The molecule has 10 heteroatoms. The zero-order valence-electron chi connectivity index (χ0n) is 22.0. The summed E-state index contributed by atoms with van der Waals surface area (Å²) < 4.78 is 9.41. The Balaban J connectivity index is 0.000000298. The van der Waals surface area contributed by atoms with Gasteiger partial charge in [0.25, 0.3) is 0 Å². The molecule has 0 aliphatic rings. The van der Waals surface area contributed by atoms with E-state index < -0.39 is 0 Å². The lowest BCUT2D eigenvalue weighted by Gasteiger charge is -2.12. The fourth-order valence-corrected chi connectivity index (χ4v) is 3.93. The predicted octanol–water partition coefficient (Wildman–Crippen LogP) is 4.80. The van der Waals surface area contributed by atoms with Crippen molar-refractivity contribution >= 4 is 29.0 Å². The second-order valence-electron chi connectivity index (χ2n) is 8.72. The van der Waals surface area contributed by atoms with Crippen molar-refractivity contribution in [1.82, 2.24) is 24.5 Å². The lowest BCUT2D eigenvalue weighted by Crippen LogP contribution is -2.10. The average molecular weight is 523 g/mol. The molecule has 5 aromatic rings. The van der Waals surface area contributed by atoms with Crippen LogP contribution in [0.25, 0.3) is 5.52 Å². The van der Waals surface area contributed by atoms with E-state index in [1.54, 1.807) is 10.7 Å². The minimum atomic E-state index is 0.404. The molecule has 0 aliphatic carbocycles. The number of likely N-dealkylation sites (N-methyl/N-ethyl adjacent to an activating group) is 1. The maximum absolute atomic E-state index is 10.8. The molecule has 0 atom stereocenters. The summed E-state index contributed by atoms with van der Waals surface area (Å²) in [6.07, 6.45) is 8.69. The molecule has 0 saturated heterocycles. The molecule has 3 heterocycles. The maximum atomic E-state index is 10.8. The highest BCUT2D eigenvalue weighted by molar-refractivity contribution is 5.89. The summed E-state index contributed by atoms with van der Waals surface area (Å²) in [4.78, 5) is 15.0. The molecule has 0 unspecified atom stereocenters. The fraction of sp³-hybridized carbons (Fsp3) is 0.172. The van der Waals surface area contributed by atoms with Gasteiger partial charge in [-0.05, 0) is 50.4 Å². The van der Waals surface area contributed by atoms with Crippen molar-refractivity contribution in [3.05, 3.63) is 96.3 Å². The van der Waals surface area contributed by atoms with Crippen LogP contribution >= 0.6 is 0 Å². The third kappa shape index (κ3) is 6.80. The smallest absolute Gasteiger partial charge is 0.211 e. The van der Waals surface area contributed by atoms with Gasteiger partial charge in [-0.1, -0.05) is 18.2 Å². The molecule has 2 aromatic carbocycles. The molecule has 0 radical (unpaired) electrons. The van der Waals surface area contributed by atoms with Gasteiger partial charge in [0.2, 0.25) is 6.41 Å². The highest BCUT2D eigenvalue weighted by Gasteiger charge is 2.15. The number of carbonyl (C=O) groups is 1. The number of anilines is 3. The minimum absolute atomic E-state index is 0.404. The van der Waals surface area contributed by atoms with Crippen molar-refractivity contribution in [2.24, 2.45) is 7.05 Å². The van der Waals surface area contributed by atoms with Gasteiger partial charge in [-0.25, -0.2) is 9.50 Å². The van der Waals surface area contributed by atoms with E-state index in [0.717, 1.165) is 41.2 Å². The van der Waals surface area contributed by atoms with Crippen LogP contribution in [0.1, 0.15) is 16.8 Å². The van der Waals surface area contributed by atoms with Crippen molar-refractivity contribution in [3.8, 4) is 17.6 Å². The molecule has 39 heavy (non-hydrogen) atoms. The first-order valence-electron chi connectivity index (χ1n) is 12.3. The van der Waals surface area contributed by atoms with Gasteiger partial charge in [0.05, 0.1) is 46.9 Å². The predicted molar refractivity (Wildman–Crippen MR) is 151 cm³/mol. The van der Waals surface area contributed by atoms with Crippen molar-refractivity contribution < 1.29 is 9.53 Å². The van der Waals surface area contributed by atoms with Crippen LogP contribution in [0.15, 0.2) is 79.5 Å². The van der Waals surface area contributed by atoms with Gasteiger partial charge in [-0.3, -0.25) is 4.79 Å². The molecule has 5 rings (SSSR count). The van der Waals surface area contributed by atoms with Crippen LogP contribution in [0.5, 0.6) is 11.5 Å². The number of imidazole rings is 1. The number of amides is 1. The number of hydrogen-bond donors (Lipinski definition) is 3. The van der Waals surface area contributed by atoms with E-state index in [1.807, 2.05) is 92.7 Å². The Bertz CT molecular complexity index is 1570. The topological polar surface area (TPSA) is 121 Å². The summed E-state index contributed by atoms with van der Waals surface area (Å²) >= 11 is 0. The summed E-state index contributed by atoms with van der Waals surface area (Å²) in [5.74, 6) is 1.47. The first-order valence-corrected chi connectivity index (χ1v) is 12.3. The number of para-hydroxylation sites is 1. The van der Waals surface area contributed by atoms with E-state index in [1.165, 1.54) is 6.20 Å². The highest BCUT2D eigenvalue weighted by atomic mass is 16.5. The quantitative estimate of drug-likeness (QED) is 0.238. The van der Waals surface area contributed by atoms with Gasteiger partial charge in [0.15, 0.2) is 0 Å². The monoisotopic (exact) mass is 522 g/mol. The van der Waals surface area contributed by atoms with E-state index >= 15 is 0 Å². The summed E-state index contributed by atoms with van der Waals surface area (Å²) in [7, 11) is 3.93. The minimum Gasteiger partial charge on any atom is -0.457 e. The average Bonchev–Trinajstić information content (AvgIpc) is 3.52. The molecular formula is C29H30N8O2. The zero-order valence-corrected chi connectivity index (χ0v) is 22.0. The third-order valence-corrected chi connectivity index (χ3v) is 5.88. The normalized spacial score (nSPS) is 10.3. The van der Waals surface area contributed by atoms with Crippen LogP contribution in [0.4, 0.5) is 17.1 Å².